The van der Waals surface area contributed by atoms with Crippen molar-refractivity contribution in [2.45, 2.75) is 33.7 Å². The average Bonchev–Trinajstić information content (AvgIpc) is 2.03. The second kappa shape index (κ2) is 4.10. The lowest BCUT2D eigenvalue weighted by Gasteiger charge is -2.31. The number of hydrogen-bond donors (Lipinski definition) is 1. The van der Waals surface area contributed by atoms with Crippen LogP contribution in [0.2, 0.25) is 0 Å². The SMILES string of the molecule is CC(C)C1=CC=C[C@@H](C(C)C)[C@H]1N. The number of allylic oxidation sites excluding steroid dienone is 2. The average molecular weight is 179 g/mol. The molecule has 0 amide bonds. The van der Waals surface area contributed by atoms with Crippen molar-refractivity contribution >= 4 is 0 Å². The van der Waals surface area contributed by atoms with Gasteiger partial charge >= 0.3 is 0 Å². The topological polar surface area (TPSA) is 26.0 Å². The molecule has 2 atom stereocenters. The monoisotopic (exact) mass is 179 g/mol. The quantitative estimate of drug-likeness (QED) is 0.693. The highest BCUT2D eigenvalue weighted by Crippen LogP contribution is 2.28. The molecule has 13 heavy (non-hydrogen) atoms. The molecule has 0 heterocycles. The molecule has 1 aliphatic carbocycles. The van der Waals surface area contributed by atoms with Gasteiger partial charge in [-0.1, -0.05) is 51.5 Å². The maximum Gasteiger partial charge on any atom is 0.0325 e. The van der Waals surface area contributed by atoms with E-state index in [9.17, 15) is 0 Å². The summed E-state index contributed by atoms with van der Waals surface area (Å²) in [5.41, 5.74) is 7.60. The molecule has 0 saturated heterocycles. The van der Waals surface area contributed by atoms with Crippen molar-refractivity contribution in [3.63, 3.8) is 0 Å². The van der Waals surface area contributed by atoms with Crippen molar-refractivity contribution in [1.29, 1.82) is 0 Å². The molecule has 0 saturated carbocycles. The van der Waals surface area contributed by atoms with Gasteiger partial charge in [0, 0.05) is 6.04 Å². The third-order valence-corrected chi connectivity index (χ3v) is 2.86. The minimum atomic E-state index is 0.227. The van der Waals surface area contributed by atoms with E-state index in [1.165, 1.54) is 5.57 Å². The van der Waals surface area contributed by atoms with E-state index in [-0.39, 0.29) is 6.04 Å². The predicted molar refractivity (Wildman–Crippen MR) is 58.4 cm³/mol. The van der Waals surface area contributed by atoms with Crippen LogP contribution < -0.4 is 5.73 Å². The van der Waals surface area contributed by atoms with E-state index in [4.69, 9.17) is 5.73 Å². The van der Waals surface area contributed by atoms with Crippen molar-refractivity contribution in [3.05, 3.63) is 23.8 Å². The molecule has 1 heteroatoms. The van der Waals surface area contributed by atoms with E-state index in [0.29, 0.717) is 17.8 Å². The van der Waals surface area contributed by atoms with E-state index in [2.05, 4.69) is 45.9 Å². The van der Waals surface area contributed by atoms with Gasteiger partial charge in [-0.25, -0.2) is 0 Å². The van der Waals surface area contributed by atoms with Gasteiger partial charge in [0.1, 0.15) is 0 Å². The van der Waals surface area contributed by atoms with Crippen molar-refractivity contribution < 1.29 is 0 Å². The third-order valence-electron chi connectivity index (χ3n) is 2.86. The molecule has 0 radical (unpaired) electrons. The molecule has 0 bridgehead atoms. The Morgan fingerprint density at radius 1 is 1.23 bits per heavy atom. The van der Waals surface area contributed by atoms with E-state index in [1.54, 1.807) is 0 Å². The van der Waals surface area contributed by atoms with Crippen LogP contribution in [-0.4, -0.2) is 6.04 Å². The zero-order valence-electron chi connectivity index (χ0n) is 9.12. The predicted octanol–water partition coefficient (Wildman–Crippen LogP) is 2.74. The van der Waals surface area contributed by atoms with Crippen molar-refractivity contribution in [1.82, 2.24) is 0 Å². The zero-order valence-corrected chi connectivity index (χ0v) is 9.12. The smallest absolute Gasteiger partial charge is 0.0325 e. The lowest BCUT2D eigenvalue weighted by molar-refractivity contribution is 0.396. The lowest BCUT2D eigenvalue weighted by Crippen LogP contribution is -2.37. The van der Waals surface area contributed by atoms with Gasteiger partial charge in [0.2, 0.25) is 0 Å². The van der Waals surface area contributed by atoms with E-state index >= 15 is 0 Å². The molecular weight excluding hydrogens is 158 g/mol. The van der Waals surface area contributed by atoms with Crippen LogP contribution in [0.25, 0.3) is 0 Å². The van der Waals surface area contributed by atoms with Crippen molar-refractivity contribution in [2.24, 2.45) is 23.5 Å². The summed E-state index contributed by atoms with van der Waals surface area (Å²) in [7, 11) is 0. The summed E-state index contributed by atoms with van der Waals surface area (Å²) in [4.78, 5) is 0. The fourth-order valence-electron chi connectivity index (χ4n) is 1.96. The molecule has 0 fully saturated rings. The highest BCUT2D eigenvalue weighted by atomic mass is 14.7. The molecule has 2 N–H and O–H groups in total. The molecule has 74 valence electrons. The number of nitrogens with two attached hydrogens (primary N) is 1. The van der Waals surface area contributed by atoms with Gasteiger partial charge in [0.05, 0.1) is 0 Å². The molecule has 0 aromatic carbocycles. The summed E-state index contributed by atoms with van der Waals surface area (Å²) < 4.78 is 0. The summed E-state index contributed by atoms with van der Waals surface area (Å²) >= 11 is 0. The Morgan fingerprint density at radius 3 is 2.31 bits per heavy atom. The lowest BCUT2D eigenvalue weighted by atomic mass is 9.78. The van der Waals surface area contributed by atoms with Crippen molar-refractivity contribution in [2.75, 3.05) is 0 Å². The highest BCUT2D eigenvalue weighted by molar-refractivity contribution is 5.27. The maximum absolute atomic E-state index is 6.21. The standard InChI is InChI=1S/C12H21N/c1-8(2)10-6-5-7-11(9(3)4)12(10)13/h5-10,12H,13H2,1-4H3/t10-,12+/m0/s1. The Balaban J connectivity index is 2.80. The Morgan fingerprint density at radius 2 is 1.85 bits per heavy atom. The first-order valence-corrected chi connectivity index (χ1v) is 5.18. The normalized spacial score (nSPS) is 28.4. The molecule has 0 spiro atoms. The van der Waals surface area contributed by atoms with Crippen LogP contribution in [0.1, 0.15) is 27.7 Å². The number of rotatable bonds is 2. The fourth-order valence-corrected chi connectivity index (χ4v) is 1.96. The van der Waals surface area contributed by atoms with Gasteiger partial charge in [-0.3, -0.25) is 0 Å². The molecule has 0 aromatic heterocycles. The maximum atomic E-state index is 6.21. The van der Waals surface area contributed by atoms with Crippen LogP contribution in [0, 0.1) is 17.8 Å². The third kappa shape index (κ3) is 2.22. The summed E-state index contributed by atoms with van der Waals surface area (Å²) in [6.45, 7) is 8.89. The summed E-state index contributed by atoms with van der Waals surface area (Å²) in [6.07, 6.45) is 6.57. The second-order valence-electron chi connectivity index (χ2n) is 4.55. The fraction of sp³-hybridized carbons (Fsp3) is 0.667. The van der Waals surface area contributed by atoms with Gasteiger partial charge in [-0.2, -0.15) is 0 Å². The second-order valence-corrected chi connectivity index (χ2v) is 4.55. The Bertz CT molecular complexity index is 223. The first-order chi connectivity index (χ1) is 6.04. The minimum Gasteiger partial charge on any atom is -0.324 e. The van der Waals surface area contributed by atoms with E-state index < -0.39 is 0 Å². The van der Waals surface area contributed by atoms with Crippen molar-refractivity contribution in [3.8, 4) is 0 Å². The first kappa shape index (κ1) is 10.5. The van der Waals surface area contributed by atoms with Gasteiger partial charge in [0.15, 0.2) is 0 Å². The molecule has 0 unspecified atom stereocenters. The van der Waals surface area contributed by atoms with Crippen LogP contribution >= 0.6 is 0 Å². The zero-order chi connectivity index (χ0) is 10.0. The summed E-state index contributed by atoms with van der Waals surface area (Å²) in [5, 5.41) is 0. The van der Waals surface area contributed by atoms with E-state index in [1.807, 2.05) is 0 Å². The Hall–Kier alpha value is -0.560. The Kier molecular flexibility index (Phi) is 3.32. The number of hydrogen-bond acceptors (Lipinski definition) is 1. The molecule has 1 aliphatic rings. The van der Waals surface area contributed by atoms with Gasteiger partial charge in [-0.05, 0) is 17.8 Å². The molecule has 1 rings (SSSR count). The largest absolute Gasteiger partial charge is 0.324 e. The van der Waals surface area contributed by atoms with Crippen LogP contribution in [0.5, 0.6) is 0 Å². The summed E-state index contributed by atoms with van der Waals surface area (Å²) in [6, 6.07) is 0.227. The molecule has 1 nitrogen and oxygen atoms in total. The molecule has 0 aromatic rings. The van der Waals surface area contributed by atoms with Gasteiger partial charge < -0.3 is 5.73 Å². The minimum absolute atomic E-state index is 0.227. The molecule has 0 aliphatic heterocycles. The van der Waals surface area contributed by atoms with E-state index in [0.717, 1.165) is 0 Å². The van der Waals surface area contributed by atoms with Gasteiger partial charge in [0.25, 0.3) is 0 Å². The highest BCUT2D eigenvalue weighted by Gasteiger charge is 2.25. The Labute approximate surface area is 81.7 Å². The summed E-state index contributed by atoms with van der Waals surface area (Å²) in [5.74, 6) is 1.72. The van der Waals surface area contributed by atoms with Crippen LogP contribution in [-0.2, 0) is 0 Å². The van der Waals surface area contributed by atoms with Crippen LogP contribution in [0.4, 0.5) is 0 Å². The van der Waals surface area contributed by atoms with Gasteiger partial charge in [-0.15, -0.1) is 0 Å². The van der Waals surface area contributed by atoms with Crippen LogP contribution in [0.3, 0.4) is 0 Å². The van der Waals surface area contributed by atoms with Crippen LogP contribution in [0.15, 0.2) is 23.8 Å². The molecular formula is C12H21N. The first-order valence-electron chi connectivity index (χ1n) is 5.18.